The second kappa shape index (κ2) is 10.7. The minimum atomic E-state index is -0.471. The van der Waals surface area contributed by atoms with E-state index in [0.717, 1.165) is 34.4 Å². The normalized spacial score (nSPS) is 12.0. The monoisotopic (exact) mass is 442 g/mol. The van der Waals surface area contributed by atoms with Gasteiger partial charge in [-0.05, 0) is 36.8 Å². The van der Waals surface area contributed by atoms with Crippen LogP contribution in [0.15, 0.2) is 48.7 Å². The molecule has 8 heteroatoms. The number of hydrogen-bond donors (Lipinski definition) is 1. The van der Waals surface area contributed by atoms with E-state index in [1.807, 2.05) is 49.4 Å². The van der Waals surface area contributed by atoms with Crippen LogP contribution in [0.1, 0.15) is 28.4 Å². The van der Waals surface area contributed by atoms with Crippen molar-refractivity contribution in [3.05, 3.63) is 70.5 Å². The summed E-state index contributed by atoms with van der Waals surface area (Å²) in [4.78, 5) is 16.6. The van der Waals surface area contributed by atoms with Crippen LogP contribution in [0.5, 0.6) is 11.5 Å². The number of para-hydroxylation sites is 1. The van der Waals surface area contributed by atoms with E-state index in [4.69, 9.17) is 14.2 Å². The Morgan fingerprint density at radius 3 is 2.74 bits per heavy atom. The van der Waals surface area contributed by atoms with Gasteiger partial charge in [0.05, 0.1) is 19.9 Å². The average Bonchev–Trinajstić information content (AvgIpc) is 3.16. The van der Waals surface area contributed by atoms with Crippen LogP contribution in [0.4, 0.5) is 9.52 Å². The van der Waals surface area contributed by atoms with E-state index in [0.29, 0.717) is 17.9 Å². The van der Waals surface area contributed by atoms with E-state index < -0.39 is 11.0 Å². The molecule has 0 spiro atoms. The maximum Gasteiger partial charge on any atom is 0.257 e. The standard InChI is InChI=1S/C23H23FN2O4S/c1-15(14-28-2)30-19-11-16(8-9-17-6-4-5-7-20(17)29-3)10-18(12-19)22(27)26-23-25-13-21(24)31-23/h4-13,15H,14H2,1-3H3,(H,25,26,27)/b9-8+/t15-/m0/s1. The van der Waals surface area contributed by atoms with Crippen molar-refractivity contribution in [1.82, 2.24) is 4.98 Å². The Kier molecular flexibility index (Phi) is 7.75. The molecule has 3 aromatic rings. The zero-order valence-corrected chi connectivity index (χ0v) is 18.2. The van der Waals surface area contributed by atoms with Crippen LogP contribution in [-0.2, 0) is 4.74 Å². The quantitative estimate of drug-likeness (QED) is 0.466. The maximum absolute atomic E-state index is 13.2. The number of carbonyl (C=O) groups excluding carboxylic acids is 1. The van der Waals surface area contributed by atoms with Gasteiger partial charge in [-0.15, -0.1) is 0 Å². The summed E-state index contributed by atoms with van der Waals surface area (Å²) in [6.07, 6.45) is 4.62. The predicted octanol–water partition coefficient (Wildman–Crippen LogP) is 5.13. The van der Waals surface area contributed by atoms with Gasteiger partial charge in [-0.1, -0.05) is 41.7 Å². The van der Waals surface area contributed by atoms with Gasteiger partial charge >= 0.3 is 0 Å². The largest absolute Gasteiger partial charge is 0.496 e. The van der Waals surface area contributed by atoms with Gasteiger partial charge < -0.3 is 14.2 Å². The molecule has 31 heavy (non-hydrogen) atoms. The molecule has 0 aliphatic rings. The summed E-state index contributed by atoms with van der Waals surface area (Å²) < 4.78 is 29.6. The first-order chi connectivity index (χ1) is 15.0. The zero-order chi connectivity index (χ0) is 22.2. The summed E-state index contributed by atoms with van der Waals surface area (Å²) in [5, 5.41) is 2.32. The molecule has 3 rings (SSSR count). The lowest BCUT2D eigenvalue weighted by Gasteiger charge is -2.15. The third kappa shape index (κ3) is 6.37. The van der Waals surface area contributed by atoms with Crippen molar-refractivity contribution >= 4 is 34.5 Å². The number of amides is 1. The number of aromatic nitrogens is 1. The lowest BCUT2D eigenvalue weighted by Crippen LogP contribution is -2.18. The summed E-state index contributed by atoms with van der Waals surface area (Å²) in [6.45, 7) is 2.28. The number of halogens is 1. The van der Waals surface area contributed by atoms with Crippen LogP contribution in [-0.4, -0.2) is 37.8 Å². The van der Waals surface area contributed by atoms with Gasteiger partial charge in [-0.25, -0.2) is 4.98 Å². The molecule has 0 aliphatic heterocycles. The van der Waals surface area contributed by atoms with E-state index in [9.17, 15) is 9.18 Å². The van der Waals surface area contributed by atoms with E-state index >= 15 is 0 Å². The molecule has 1 heterocycles. The number of anilines is 1. The summed E-state index contributed by atoms with van der Waals surface area (Å²) >= 11 is 0.763. The summed E-state index contributed by atoms with van der Waals surface area (Å²) in [5.74, 6) is 0.844. The molecule has 6 nitrogen and oxygen atoms in total. The number of thiazole rings is 1. The van der Waals surface area contributed by atoms with Gasteiger partial charge in [0.15, 0.2) is 10.3 Å². The topological polar surface area (TPSA) is 69.7 Å². The fourth-order valence-corrected chi connectivity index (χ4v) is 3.43. The van der Waals surface area contributed by atoms with Gasteiger partial charge in [0.25, 0.3) is 5.91 Å². The molecule has 1 amide bonds. The highest BCUT2D eigenvalue weighted by Gasteiger charge is 2.13. The van der Waals surface area contributed by atoms with Gasteiger partial charge in [0.2, 0.25) is 0 Å². The highest BCUT2D eigenvalue weighted by Crippen LogP contribution is 2.24. The third-order valence-corrected chi connectivity index (χ3v) is 4.92. The first kappa shape index (κ1) is 22.5. The summed E-state index contributed by atoms with van der Waals surface area (Å²) in [6, 6.07) is 12.8. The van der Waals surface area contributed by atoms with E-state index in [2.05, 4.69) is 10.3 Å². The molecule has 0 saturated carbocycles. The van der Waals surface area contributed by atoms with E-state index in [1.54, 1.807) is 26.4 Å². The molecule has 0 fully saturated rings. The number of nitrogens with one attached hydrogen (secondary N) is 1. The van der Waals surface area contributed by atoms with Gasteiger partial charge in [-0.3, -0.25) is 10.1 Å². The SMILES string of the molecule is COC[C@H](C)Oc1cc(/C=C/c2ccccc2OC)cc(C(=O)Nc2ncc(F)s2)c1. The summed E-state index contributed by atoms with van der Waals surface area (Å²) in [5.41, 5.74) is 2.01. The van der Waals surface area contributed by atoms with Crippen molar-refractivity contribution < 1.29 is 23.4 Å². The minimum absolute atomic E-state index is 0.188. The number of nitrogens with zero attached hydrogens (tertiary/aromatic N) is 1. The first-order valence-corrected chi connectivity index (χ1v) is 10.3. The molecule has 0 aliphatic carbocycles. The molecule has 1 N–H and O–H groups in total. The molecule has 0 bridgehead atoms. The Morgan fingerprint density at radius 1 is 1.23 bits per heavy atom. The number of ether oxygens (including phenoxy) is 3. The summed E-state index contributed by atoms with van der Waals surface area (Å²) in [7, 11) is 3.21. The Morgan fingerprint density at radius 2 is 2.03 bits per heavy atom. The highest BCUT2D eigenvalue weighted by molar-refractivity contribution is 7.14. The van der Waals surface area contributed by atoms with Crippen LogP contribution in [0.3, 0.4) is 0 Å². The van der Waals surface area contributed by atoms with Crippen molar-refractivity contribution in [2.75, 3.05) is 26.1 Å². The third-order valence-electron chi connectivity index (χ3n) is 4.22. The number of methoxy groups -OCH3 is 2. The van der Waals surface area contributed by atoms with Gasteiger partial charge in [0.1, 0.15) is 17.6 Å². The fourth-order valence-electron chi connectivity index (χ4n) is 2.89. The number of benzene rings is 2. The first-order valence-electron chi connectivity index (χ1n) is 9.53. The van der Waals surface area contributed by atoms with Crippen LogP contribution in [0, 0.1) is 5.13 Å². The van der Waals surface area contributed by atoms with Crippen molar-refractivity contribution in [1.29, 1.82) is 0 Å². The van der Waals surface area contributed by atoms with E-state index in [1.165, 1.54) is 0 Å². The predicted molar refractivity (Wildman–Crippen MR) is 120 cm³/mol. The Hall–Kier alpha value is -3.23. The van der Waals surface area contributed by atoms with Crippen LogP contribution < -0.4 is 14.8 Å². The molecule has 0 radical (unpaired) electrons. The van der Waals surface area contributed by atoms with Crippen LogP contribution in [0.25, 0.3) is 12.2 Å². The number of hydrogen-bond acceptors (Lipinski definition) is 6. The van der Waals surface area contributed by atoms with E-state index in [-0.39, 0.29) is 11.2 Å². The molecular formula is C23H23FN2O4S. The molecule has 1 aromatic heterocycles. The Bertz CT molecular complexity index is 1070. The van der Waals surface area contributed by atoms with Crippen molar-refractivity contribution in [2.24, 2.45) is 0 Å². The number of rotatable bonds is 9. The highest BCUT2D eigenvalue weighted by atomic mass is 32.1. The second-order valence-corrected chi connectivity index (χ2v) is 7.65. The molecule has 0 unspecified atom stereocenters. The smallest absolute Gasteiger partial charge is 0.257 e. The average molecular weight is 443 g/mol. The molecule has 162 valence electrons. The Labute approximate surface area is 184 Å². The molecule has 0 saturated heterocycles. The number of carbonyl (C=O) groups is 1. The van der Waals surface area contributed by atoms with Crippen LogP contribution in [0.2, 0.25) is 0 Å². The van der Waals surface area contributed by atoms with Crippen molar-refractivity contribution in [2.45, 2.75) is 13.0 Å². The zero-order valence-electron chi connectivity index (χ0n) is 17.4. The van der Waals surface area contributed by atoms with Gasteiger partial charge in [0, 0.05) is 18.2 Å². The van der Waals surface area contributed by atoms with Crippen molar-refractivity contribution in [3.8, 4) is 11.5 Å². The Balaban J connectivity index is 1.90. The van der Waals surface area contributed by atoms with Crippen LogP contribution >= 0.6 is 11.3 Å². The molecule has 2 aromatic carbocycles. The lowest BCUT2D eigenvalue weighted by atomic mass is 10.1. The molecular weight excluding hydrogens is 419 g/mol. The second-order valence-electron chi connectivity index (χ2n) is 6.67. The lowest BCUT2D eigenvalue weighted by molar-refractivity contribution is 0.0917. The van der Waals surface area contributed by atoms with Gasteiger partial charge in [-0.2, -0.15) is 4.39 Å². The maximum atomic E-state index is 13.2. The fraction of sp³-hybridized carbons (Fsp3) is 0.217. The minimum Gasteiger partial charge on any atom is -0.496 e. The van der Waals surface area contributed by atoms with Crippen molar-refractivity contribution in [3.63, 3.8) is 0 Å². The molecule has 1 atom stereocenters.